The molecule has 0 atom stereocenters. The summed E-state index contributed by atoms with van der Waals surface area (Å²) in [5.74, 6) is -3.32. The number of carbonyl (C=O) groups excluding carboxylic acids is 1. The molecule has 0 radical (unpaired) electrons. The molecule has 2 saturated heterocycles. The van der Waals surface area contributed by atoms with Crippen molar-refractivity contribution in [2.75, 3.05) is 52.5 Å². The van der Waals surface area contributed by atoms with Crippen molar-refractivity contribution in [3.05, 3.63) is 33.8 Å². The van der Waals surface area contributed by atoms with Crippen LogP contribution in [0.5, 0.6) is 0 Å². The number of nitrogens with zero attached hydrogens (tertiary/aromatic N) is 2. The van der Waals surface area contributed by atoms with E-state index < -0.39 is 11.9 Å². The molecule has 2 aliphatic rings. The number of carboxylic acid groups (broad SMARTS) is 2. The minimum atomic E-state index is -1.82. The second kappa shape index (κ2) is 13.6. The summed E-state index contributed by atoms with van der Waals surface area (Å²) < 4.78 is 5.34. The average Bonchev–Trinajstić information content (AvgIpc) is 2.78. The summed E-state index contributed by atoms with van der Waals surface area (Å²) >= 11 is 12.1. The molecule has 2 aliphatic heterocycles. The highest BCUT2D eigenvalue weighted by molar-refractivity contribution is 6.42. The van der Waals surface area contributed by atoms with Gasteiger partial charge < -0.3 is 20.3 Å². The van der Waals surface area contributed by atoms with Crippen LogP contribution in [0.25, 0.3) is 0 Å². The third-order valence-corrected chi connectivity index (χ3v) is 6.10. The number of piperidine rings is 1. The van der Waals surface area contributed by atoms with Crippen molar-refractivity contribution < 1.29 is 29.3 Å². The van der Waals surface area contributed by atoms with Gasteiger partial charge >= 0.3 is 11.9 Å². The minimum absolute atomic E-state index is 0.129. The molecular weight excluding hydrogens is 461 g/mol. The third-order valence-electron chi connectivity index (χ3n) is 5.36. The monoisotopic (exact) mass is 489 g/mol. The van der Waals surface area contributed by atoms with E-state index in [2.05, 4.69) is 15.1 Å². The highest BCUT2D eigenvalue weighted by Gasteiger charge is 2.25. The lowest BCUT2D eigenvalue weighted by atomic mass is 9.95. The van der Waals surface area contributed by atoms with Gasteiger partial charge in [0.25, 0.3) is 0 Å². The van der Waals surface area contributed by atoms with Crippen LogP contribution in [0.1, 0.15) is 18.4 Å². The number of hydrogen-bond donors (Lipinski definition) is 3. The molecule has 3 N–H and O–H groups in total. The summed E-state index contributed by atoms with van der Waals surface area (Å²) in [6, 6.07) is 5.78. The van der Waals surface area contributed by atoms with E-state index in [0.29, 0.717) is 10.0 Å². The zero-order valence-electron chi connectivity index (χ0n) is 17.8. The second-order valence-corrected chi connectivity index (χ2v) is 8.47. The van der Waals surface area contributed by atoms with Gasteiger partial charge in [0.05, 0.1) is 23.3 Å². The Morgan fingerprint density at radius 3 is 2.16 bits per heavy atom. The summed E-state index contributed by atoms with van der Waals surface area (Å²) in [5, 5.41) is 19.1. The van der Waals surface area contributed by atoms with Gasteiger partial charge in [-0.2, -0.15) is 0 Å². The van der Waals surface area contributed by atoms with E-state index in [1.807, 2.05) is 18.2 Å². The molecular formula is C21H29Cl2N3O6. The van der Waals surface area contributed by atoms with E-state index in [0.717, 1.165) is 77.4 Å². The first-order valence-corrected chi connectivity index (χ1v) is 11.2. The first-order chi connectivity index (χ1) is 15.3. The summed E-state index contributed by atoms with van der Waals surface area (Å²) in [7, 11) is 0. The maximum absolute atomic E-state index is 12.4. The SMILES string of the molecule is O=C(NCCN1CCOCC1)C1CCN(Cc2ccc(Cl)c(Cl)c2)CC1.O=C(O)C(=O)O. The zero-order valence-corrected chi connectivity index (χ0v) is 19.3. The Balaban J connectivity index is 0.000000534. The fourth-order valence-electron chi connectivity index (χ4n) is 3.56. The van der Waals surface area contributed by atoms with Crippen molar-refractivity contribution in [1.82, 2.24) is 15.1 Å². The highest BCUT2D eigenvalue weighted by Crippen LogP contribution is 2.25. The van der Waals surface area contributed by atoms with Crippen LogP contribution in [-0.4, -0.2) is 90.3 Å². The summed E-state index contributed by atoms with van der Waals surface area (Å²) in [6.45, 7) is 7.86. The Morgan fingerprint density at radius 1 is 0.969 bits per heavy atom. The normalized spacial score (nSPS) is 17.8. The van der Waals surface area contributed by atoms with Gasteiger partial charge in [-0.1, -0.05) is 29.3 Å². The summed E-state index contributed by atoms with van der Waals surface area (Å²) in [4.78, 5) is 35.3. The molecule has 0 unspecified atom stereocenters. The van der Waals surface area contributed by atoms with E-state index >= 15 is 0 Å². The smallest absolute Gasteiger partial charge is 0.414 e. The number of rotatable bonds is 6. The molecule has 11 heteroatoms. The lowest BCUT2D eigenvalue weighted by Crippen LogP contribution is -2.44. The molecule has 2 heterocycles. The average molecular weight is 490 g/mol. The van der Waals surface area contributed by atoms with Crippen molar-refractivity contribution in [2.45, 2.75) is 19.4 Å². The van der Waals surface area contributed by atoms with Crippen LogP contribution in [-0.2, 0) is 25.7 Å². The molecule has 32 heavy (non-hydrogen) atoms. The molecule has 2 fully saturated rings. The Morgan fingerprint density at radius 2 is 1.59 bits per heavy atom. The summed E-state index contributed by atoms with van der Waals surface area (Å²) in [5.41, 5.74) is 1.16. The van der Waals surface area contributed by atoms with Gasteiger partial charge in [-0.05, 0) is 43.6 Å². The lowest BCUT2D eigenvalue weighted by molar-refractivity contribution is -0.159. The molecule has 0 spiro atoms. The fraction of sp³-hybridized carbons (Fsp3) is 0.571. The number of carbonyl (C=O) groups is 3. The van der Waals surface area contributed by atoms with E-state index in [4.69, 9.17) is 47.7 Å². The molecule has 9 nitrogen and oxygen atoms in total. The topological polar surface area (TPSA) is 119 Å². The highest BCUT2D eigenvalue weighted by atomic mass is 35.5. The number of hydrogen-bond acceptors (Lipinski definition) is 6. The third kappa shape index (κ3) is 9.30. The van der Waals surface area contributed by atoms with Gasteiger partial charge in [0.2, 0.25) is 5.91 Å². The number of nitrogens with one attached hydrogen (secondary N) is 1. The minimum Gasteiger partial charge on any atom is -0.473 e. The van der Waals surface area contributed by atoms with Gasteiger partial charge in [0.1, 0.15) is 0 Å². The molecule has 3 rings (SSSR count). The Kier molecular flexibility index (Phi) is 11.2. The van der Waals surface area contributed by atoms with Crippen LogP contribution in [0.15, 0.2) is 18.2 Å². The standard InChI is InChI=1S/C19H27Cl2N3O2.C2H2O4/c20-17-2-1-15(13-18(17)21)14-24-6-3-16(4-7-24)19(25)22-5-8-23-9-11-26-12-10-23;3-1(4)2(5)6/h1-2,13,16H,3-12,14H2,(H,22,25);(H,3,4)(H,5,6). The first-order valence-electron chi connectivity index (χ1n) is 10.5. The van der Waals surface area contributed by atoms with Gasteiger partial charge in [-0.25, -0.2) is 9.59 Å². The first kappa shape index (κ1) is 26.3. The van der Waals surface area contributed by atoms with E-state index in [1.165, 1.54) is 0 Å². The number of ether oxygens (including phenoxy) is 1. The Hall–Kier alpha value is -1.91. The van der Waals surface area contributed by atoms with E-state index in [1.54, 1.807) is 0 Å². The zero-order chi connectivity index (χ0) is 23.5. The molecule has 178 valence electrons. The van der Waals surface area contributed by atoms with Crippen molar-refractivity contribution in [2.24, 2.45) is 5.92 Å². The molecule has 0 saturated carbocycles. The van der Waals surface area contributed by atoms with Gasteiger partial charge in [0, 0.05) is 38.6 Å². The van der Waals surface area contributed by atoms with Crippen molar-refractivity contribution in [3.8, 4) is 0 Å². The van der Waals surface area contributed by atoms with Gasteiger partial charge in [-0.15, -0.1) is 0 Å². The molecule has 0 aliphatic carbocycles. The van der Waals surface area contributed by atoms with Gasteiger partial charge in [0.15, 0.2) is 0 Å². The number of amides is 1. The van der Waals surface area contributed by atoms with Gasteiger partial charge in [-0.3, -0.25) is 14.6 Å². The van der Waals surface area contributed by atoms with E-state index in [9.17, 15) is 4.79 Å². The number of morpholine rings is 1. The number of carboxylic acids is 2. The van der Waals surface area contributed by atoms with Crippen LogP contribution in [0.2, 0.25) is 10.0 Å². The number of halogens is 2. The van der Waals surface area contributed by atoms with Crippen LogP contribution >= 0.6 is 23.2 Å². The quantitative estimate of drug-likeness (QED) is 0.517. The maximum atomic E-state index is 12.4. The summed E-state index contributed by atoms with van der Waals surface area (Å²) in [6.07, 6.45) is 1.81. The van der Waals surface area contributed by atoms with E-state index in [-0.39, 0.29) is 11.8 Å². The maximum Gasteiger partial charge on any atom is 0.414 e. The van der Waals surface area contributed by atoms with Crippen LogP contribution in [0.3, 0.4) is 0 Å². The largest absolute Gasteiger partial charge is 0.473 e. The van der Waals surface area contributed by atoms with Crippen LogP contribution in [0, 0.1) is 5.92 Å². The lowest BCUT2D eigenvalue weighted by Gasteiger charge is -2.31. The van der Waals surface area contributed by atoms with Crippen molar-refractivity contribution >= 4 is 41.0 Å². The molecule has 1 aromatic rings. The van der Waals surface area contributed by atoms with Crippen molar-refractivity contribution in [3.63, 3.8) is 0 Å². The number of benzene rings is 1. The molecule has 0 aromatic heterocycles. The molecule has 1 amide bonds. The molecule has 1 aromatic carbocycles. The van der Waals surface area contributed by atoms with Crippen LogP contribution < -0.4 is 5.32 Å². The fourth-order valence-corrected chi connectivity index (χ4v) is 3.88. The predicted molar refractivity (Wildman–Crippen MR) is 120 cm³/mol. The Bertz CT molecular complexity index is 769. The predicted octanol–water partition coefficient (Wildman–Crippen LogP) is 1.81. The molecule has 0 bridgehead atoms. The number of likely N-dealkylation sites (tertiary alicyclic amines) is 1. The van der Waals surface area contributed by atoms with Crippen LogP contribution in [0.4, 0.5) is 0 Å². The Labute approximate surface area is 197 Å². The van der Waals surface area contributed by atoms with Crippen molar-refractivity contribution in [1.29, 1.82) is 0 Å². The second-order valence-electron chi connectivity index (χ2n) is 7.65. The number of aliphatic carboxylic acids is 2.